The van der Waals surface area contributed by atoms with Crippen LogP contribution in [0, 0.1) is 6.92 Å². The number of hydrogen-bond donors (Lipinski definition) is 2. The van der Waals surface area contributed by atoms with Crippen LogP contribution < -0.4 is 15.6 Å². The van der Waals surface area contributed by atoms with Gasteiger partial charge in [-0.05, 0) is 24.6 Å². The fraction of sp³-hybridized carbons (Fsp3) is 0.267. The quantitative estimate of drug-likeness (QED) is 0.877. The number of aryl methyl sites for hydroxylation is 1. The number of aromatic amines is 1. The number of carbonyl (C=O) groups is 1. The number of benzene rings is 1. The zero-order chi connectivity index (χ0) is 15.0. The van der Waals surface area contributed by atoms with Crippen molar-refractivity contribution in [3.05, 3.63) is 51.6 Å². The van der Waals surface area contributed by atoms with Gasteiger partial charge in [-0.25, -0.2) is 4.98 Å². The number of nitrogens with one attached hydrogen (secondary N) is 2. The van der Waals surface area contributed by atoms with Crippen LogP contribution in [-0.4, -0.2) is 23.0 Å². The molecule has 1 aromatic heterocycles. The lowest BCUT2D eigenvalue weighted by Gasteiger charge is -2.24. The summed E-state index contributed by atoms with van der Waals surface area (Å²) in [6.07, 6.45) is 0.216. The van der Waals surface area contributed by atoms with Gasteiger partial charge < -0.3 is 15.0 Å². The van der Waals surface area contributed by atoms with E-state index in [-0.39, 0.29) is 23.8 Å². The minimum atomic E-state index is -0.319. The van der Waals surface area contributed by atoms with Crippen LogP contribution in [0.25, 0.3) is 0 Å². The third-order valence-corrected chi connectivity index (χ3v) is 3.57. The molecule has 3 rings (SSSR count). The standard InChI is InChI=1S/C15H15N3O3/c1-8-16-14-13(15(20)17-8)11(7-12(19)18-14)9-4-3-5-10(6-9)21-2/h3-6,11H,7H2,1-2H3,(H2,16,17,18,19,20). The molecular formula is C15H15N3O3. The van der Waals surface area contributed by atoms with Gasteiger partial charge in [-0.15, -0.1) is 0 Å². The van der Waals surface area contributed by atoms with Gasteiger partial charge in [-0.2, -0.15) is 0 Å². The minimum absolute atomic E-state index is 0.146. The third kappa shape index (κ3) is 2.40. The van der Waals surface area contributed by atoms with Gasteiger partial charge in [0.15, 0.2) is 0 Å². The van der Waals surface area contributed by atoms with Gasteiger partial charge in [-0.3, -0.25) is 9.59 Å². The highest BCUT2D eigenvalue weighted by Gasteiger charge is 2.30. The number of nitrogens with zero attached hydrogens (tertiary/aromatic N) is 1. The predicted octanol–water partition coefficient (Wildman–Crippen LogP) is 1.56. The molecule has 0 aliphatic carbocycles. The molecule has 1 amide bonds. The molecule has 0 saturated heterocycles. The maximum atomic E-state index is 12.3. The summed E-state index contributed by atoms with van der Waals surface area (Å²) >= 11 is 0. The topological polar surface area (TPSA) is 84.1 Å². The summed E-state index contributed by atoms with van der Waals surface area (Å²) in [5.74, 6) is 1.05. The maximum absolute atomic E-state index is 12.3. The smallest absolute Gasteiger partial charge is 0.256 e. The molecular weight excluding hydrogens is 270 g/mol. The summed E-state index contributed by atoms with van der Waals surface area (Å²) in [6, 6.07) is 7.39. The summed E-state index contributed by atoms with van der Waals surface area (Å²) < 4.78 is 5.21. The van der Waals surface area contributed by atoms with Gasteiger partial charge in [-0.1, -0.05) is 12.1 Å². The van der Waals surface area contributed by atoms with Crippen molar-refractivity contribution in [2.45, 2.75) is 19.3 Å². The molecule has 2 heterocycles. The maximum Gasteiger partial charge on any atom is 0.256 e. The second-order valence-corrected chi connectivity index (χ2v) is 5.00. The van der Waals surface area contributed by atoms with Crippen LogP contribution in [0.5, 0.6) is 5.75 Å². The van der Waals surface area contributed by atoms with E-state index in [1.165, 1.54) is 0 Å². The van der Waals surface area contributed by atoms with Crippen LogP contribution in [0.3, 0.4) is 0 Å². The molecule has 2 N–H and O–H groups in total. The normalized spacial score (nSPS) is 17.0. The van der Waals surface area contributed by atoms with Crippen molar-refractivity contribution in [1.29, 1.82) is 0 Å². The Morgan fingerprint density at radius 1 is 1.33 bits per heavy atom. The lowest BCUT2D eigenvalue weighted by atomic mass is 9.87. The molecule has 108 valence electrons. The second-order valence-electron chi connectivity index (χ2n) is 5.00. The molecule has 1 unspecified atom stereocenters. The largest absolute Gasteiger partial charge is 0.497 e. The molecule has 1 atom stereocenters. The molecule has 0 fully saturated rings. The Morgan fingerprint density at radius 3 is 2.90 bits per heavy atom. The number of ether oxygens (including phenoxy) is 1. The van der Waals surface area contributed by atoms with E-state index in [2.05, 4.69) is 15.3 Å². The summed E-state index contributed by atoms with van der Waals surface area (Å²) in [7, 11) is 1.58. The Labute approximate surface area is 121 Å². The van der Waals surface area contributed by atoms with Crippen molar-refractivity contribution in [3.63, 3.8) is 0 Å². The summed E-state index contributed by atoms with van der Waals surface area (Å²) in [6.45, 7) is 1.68. The number of anilines is 1. The average Bonchev–Trinajstić information content (AvgIpc) is 2.45. The van der Waals surface area contributed by atoms with Gasteiger partial charge >= 0.3 is 0 Å². The van der Waals surface area contributed by atoms with Gasteiger partial charge in [0.25, 0.3) is 5.56 Å². The highest BCUT2D eigenvalue weighted by atomic mass is 16.5. The number of carbonyl (C=O) groups excluding carboxylic acids is 1. The van der Waals surface area contributed by atoms with Crippen LogP contribution in [0.2, 0.25) is 0 Å². The molecule has 0 bridgehead atoms. The Kier molecular flexibility index (Phi) is 3.21. The Balaban J connectivity index is 2.16. The molecule has 1 aromatic carbocycles. The first-order valence-electron chi connectivity index (χ1n) is 6.63. The van der Waals surface area contributed by atoms with E-state index in [0.29, 0.717) is 23.0 Å². The van der Waals surface area contributed by atoms with Crippen LogP contribution in [-0.2, 0) is 4.79 Å². The predicted molar refractivity (Wildman–Crippen MR) is 77.7 cm³/mol. The summed E-state index contributed by atoms with van der Waals surface area (Å²) in [5, 5.41) is 2.67. The summed E-state index contributed by atoms with van der Waals surface area (Å²) in [4.78, 5) is 31.1. The first-order valence-corrected chi connectivity index (χ1v) is 6.63. The zero-order valence-corrected chi connectivity index (χ0v) is 11.8. The van der Waals surface area contributed by atoms with E-state index in [1.54, 1.807) is 14.0 Å². The first kappa shape index (κ1) is 13.4. The van der Waals surface area contributed by atoms with Gasteiger partial charge in [0.05, 0.1) is 12.7 Å². The molecule has 0 radical (unpaired) electrons. The van der Waals surface area contributed by atoms with Crippen molar-refractivity contribution in [2.24, 2.45) is 0 Å². The van der Waals surface area contributed by atoms with Gasteiger partial charge in [0.2, 0.25) is 5.91 Å². The summed E-state index contributed by atoms with van der Waals surface area (Å²) in [5.41, 5.74) is 1.14. The lowest BCUT2D eigenvalue weighted by Crippen LogP contribution is -2.31. The van der Waals surface area contributed by atoms with Crippen molar-refractivity contribution in [2.75, 3.05) is 12.4 Å². The van der Waals surface area contributed by atoms with Gasteiger partial charge in [0, 0.05) is 12.3 Å². The van der Waals surface area contributed by atoms with Crippen molar-refractivity contribution < 1.29 is 9.53 Å². The molecule has 1 aliphatic heterocycles. The van der Waals surface area contributed by atoms with E-state index in [9.17, 15) is 9.59 Å². The van der Waals surface area contributed by atoms with E-state index in [0.717, 1.165) is 5.56 Å². The highest BCUT2D eigenvalue weighted by Crippen LogP contribution is 2.34. The van der Waals surface area contributed by atoms with Gasteiger partial charge in [0.1, 0.15) is 17.4 Å². The highest BCUT2D eigenvalue weighted by molar-refractivity contribution is 5.94. The van der Waals surface area contributed by atoms with E-state index in [4.69, 9.17) is 4.74 Å². The molecule has 0 spiro atoms. The monoisotopic (exact) mass is 285 g/mol. The third-order valence-electron chi connectivity index (χ3n) is 3.57. The Bertz CT molecular complexity index is 767. The molecule has 6 nitrogen and oxygen atoms in total. The molecule has 6 heteroatoms. The van der Waals surface area contributed by atoms with E-state index < -0.39 is 0 Å². The fourth-order valence-electron chi connectivity index (χ4n) is 2.63. The number of methoxy groups -OCH3 is 1. The number of fused-ring (bicyclic) bond motifs is 1. The van der Waals surface area contributed by atoms with E-state index >= 15 is 0 Å². The molecule has 0 saturated carbocycles. The Morgan fingerprint density at radius 2 is 2.14 bits per heavy atom. The van der Waals surface area contributed by atoms with Crippen LogP contribution in [0.1, 0.15) is 29.3 Å². The number of amides is 1. The van der Waals surface area contributed by atoms with Crippen LogP contribution in [0.15, 0.2) is 29.1 Å². The minimum Gasteiger partial charge on any atom is -0.497 e. The SMILES string of the molecule is COc1cccc(C2CC(=O)Nc3nc(C)[nH]c(=O)c32)c1. The number of rotatable bonds is 2. The lowest BCUT2D eigenvalue weighted by molar-refractivity contribution is -0.116. The van der Waals surface area contributed by atoms with Crippen molar-refractivity contribution in [1.82, 2.24) is 9.97 Å². The Hall–Kier alpha value is -2.63. The first-order chi connectivity index (χ1) is 10.1. The van der Waals surface area contributed by atoms with Crippen LogP contribution in [0.4, 0.5) is 5.82 Å². The van der Waals surface area contributed by atoms with E-state index in [1.807, 2.05) is 24.3 Å². The number of hydrogen-bond acceptors (Lipinski definition) is 4. The van der Waals surface area contributed by atoms with Crippen molar-refractivity contribution >= 4 is 11.7 Å². The number of aromatic nitrogens is 2. The zero-order valence-electron chi connectivity index (χ0n) is 11.8. The average molecular weight is 285 g/mol. The van der Waals surface area contributed by atoms with Crippen LogP contribution >= 0.6 is 0 Å². The molecule has 2 aromatic rings. The fourth-order valence-corrected chi connectivity index (χ4v) is 2.63. The number of H-pyrrole nitrogens is 1. The molecule has 21 heavy (non-hydrogen) atoms. The van der Waals surface area contributed by atoms with Crippen molar-refractivity contribution in [3.8, 4) is 5.75 Å². The molecule has 1 aliphatic rings. The second kappa shape index (κ2) is 5.05.